The Morgan fingerprint density at radius 3 is 2.75 bits per heavy atom. The van der Waals surface area contributed by atoms with Gasteiger partial charge in [-0.3, -0.25) is 5.43 Å². The molecule has 70 valence electrons. The normalized spacial score (nSPS) is 9.33. The molecule has 0 fully saturated rings. The first-order valence-corrected chi connectivity index (χ1v) is 4.10. The second kappa shape index (κ2) is 8.07. The SMILES string of the molecule is C=CCCCCCNNC(=O)O. The third-order valence-corrected chi connectivity index (χ3v) is 1.41. The molecule has 0 spiro atoms. The van der Waals surface area contributed by atoms with Crippen LogP contribution < -0.4 is 10.9 Å². The highest BCUT2D eigenvalue weighted by Crippen LogP contribution is 1.98. The van der Waals surface area contributed by atoms with E-state index < -0.39 is 6.09 Å². The van der Waals surface area contributed by atoms with Gasteiger partial charge in [-0.1, -0.05) is 12.5 Å². The van der Waals surface area contributed by atoms with Crippen molar-refractivity contribution >= 4 is 6.09 Å². The lowest BCUT2D eigenvalue weighted by atomic mass is 10.2. The molecule has 0 heterocycles. The van der Waals surface area contributed by atoms with Gasteiger partial charge in [0.2, 0.25) is 0 Å². The molecular formula is C8H16N2O2. The Balaban J connectivity index is 2.90. The minimum absolute atomic E-state index is 0.684. The molecule has 0 rings (SSSR count). The van der Waals surface area contributed by atoms with Crippen LogP contribution in [0.1, 0.15) is 25.7 Å². The molecule has 0 saturated heterocycles. The van der Waals surface area contributed by atoms with Gasteiger partial charge < -0.3 is 5.11 Å². The predicted octanol–water partition coefficient (Wildman–Crippen LogP) is 1.51. The number of rotatable bonds is 7. The summed E-state index contributed by atoms with van der Waals surface area (Å²) in [6.07, 6.45) is 5.09. The summed E-state index contributed by atoms with van der Waals surface area (Å²) in [5.41, 5.74) is 4.67. The minimum atomic E-state index is -1.04. The fourth-order valence-electron chi connectivity index (χ4n) is 0.817. The molecule has 0 bridgehead atoms. The summed E-state index contributed by atoms with van der Waals surface area (Å²) in [5.74, 6) is 0. The maximum Gasteiger partial charge on any atom is 0.419 e. The van der Waals surface area contributed by atoms with Crippen molar-refractivity contribution in [3.63, 3.8) is 0 Å². The van der Waals surface area contributed by atoms with E-state index in [0.29, 0.717) is 6.54 Å². The molecule has 0 radical (unpaired) electrons. The Labute approximate surface area is 72.6 Å². The number of hydrogen-bond donors (Lipinski definition) is 3. The molecule has 0 aromatic heterocycles. The quantitative estimate of drug-likeness (QED) is 0.310. The predicted molar refractivity (Wildman–Crippen MR) is 47.8 cm³/mol. The van der Waals surface area contributed by atoms with Crippen LogP contribution in [0.2, 0.25) is 0 Å². The van der Waals surface area contributed by atoms with Gasteiger partial charge in [-0.15, -0.1) is 6.58 Å². The van der Waals surface area contributed by atoms with Gasteiger partial charge in [-0.05, 0) is 19.3 Å². The molecule has 0 aromatic rings. The van der Waals surface area contributed by atoms with Crippen molar-refractivity contribution < 1.29 is 9.90 Å². The first kappa shape index (κ1) is 11.0. The number of hydrazine groups is 1. The lowest BCUT2D eigenvalue weighted by molar-refractivity contribution is 0.189. The van der Waals surface area contributed by atoms with Gasteiger partial charge >= 0.3 is 6.09 Å². The lowest BCUT2D eigenvalue weighted by Crippen LogP contribution is -2.36. The third kappa shape index (κ3) is 8.97. The lowest BCUT2D eigenvalue weighted by Gasteiger charge is -2.02. The van der Waals surface area contributed by atoms with E-state index in [-0.39, 0.29) is 0 Å². The van der Waals surface area contributed by atoms with Gasteiger partial charge in [0.05, 0.1) is 0 Å². The van der Waals surface area contributed by atoms with Crippen LogP contribution in [0.15, 0.2) is 12.7 Å². The zero-order valence-electron chi connectivity index (χ0n) is 7.18. The van der Waals surface area contributed by atoms with Crippen LogP contribution in [0.25, 0.3) is 0 Å². The van der Waals surface area contributed by atoms with E-state index in [9.17, 15) is 4.79 Å². The number of nitrogens with one attached hydrogen (secondary N) is 2. The Kier molecular flexibility index (Phi) is 7.38. The van der Waals surface area contributed by atoms with Crippen molar-refractivity contribution in [2.75, 3.05) is 6.54 Å². The number of carboxylic acid groups (broad SMARTS) is 1. The van der Waals surface area contributed by atoms with Crippen LogP contribution >= 0.6 is 0 Å². The fraction of sp³-hybridized carbons (Fsp3) is 0.625. The van der Waals surface area contributed by atoms with Gasteiger partial charge in [-0.25, -0.2) is 10.2 Å². The van der Waals surface area contributed by atoms with Gasteiger partial charge in [0, 0.05) is 6.54 Å². The van der Waals surface area contributed by atoms with Crippen molar-refractivity contribution in [1.29, 1.82) is 0 Å². The number of amides is 1. The Morgan fingerprint density at radius 1 is 1.42 bits per heavy atom. The second-order valence-electron chi connectivity index (χ2n) is 2.49. The zero-order valence-corrected chi connectivity index (χ0v) is 7.18. The topological polar surface area (TPSA) is 61.4 Å². The summed E-state index contributed by atoms with van der Waals surface area (Å²) in [5, 5.41) is 8.17. The summed E-state index contributed by atoms with van der Waals surface area (Å²) >= 11 is 0. The van der Waals surface area contributed by atoms with Gasteiger partial charge in [0.15, 0.2) is 0 Å². The van der Waals surface area contributed by atoms with Gasteiger partial charge in [-0.2, -0.15) is 0 Å². The van der Waals surface area contributed by atoms with E-state index in [4.69, 9.17) is 5.11 Å². The Hall–Kier alpha value is -1.03. The molecule has 12 heavy (non-hydrogen) atoms. The molecular weight excluding hydrogens is 156 g/mol. The van der Waals surface area contributed by atoms with Crippen molar-refractivity contribution in [2.24, 2.45) is 0 Å². The van der Waals surface area contributed by atoms with Crippen LogP contribution in [-0.4, -0.2) is 17.7 Å². The first-order chi connectivity index (χ1) is 5.77. The zero-order chi connectivity index (χ0) is 9.23. The van der Waals surface area contributed by atoms with E-state index in [1.807, 2.05) is 6.08 Å². The maximum atomic E-state index is 9.95. The molecule has 3 N–H and O–H groups in total. The van der Waals surface area contributed by atoms with Crippen LogP contribution in [-0.2, 0) is 0 Å². The molecule has 0 aromatic carbocycles. The molecule has 0 unspecified atom stereocenters. The van der Waals surface area contributed by atoms with Gasteiger partial charge in [0.1, 0.15) is 0 Å². The third-order valence-electron chi connectivity index (χ3n) is 1.41. The monoisotopic (exact) mass is 172 g/mol. The van der Waals surface area contributed by atoms with E-state index in [1.54, 1.807) is 0 Å². The van der Waals surface area contributed by atoms with Crippen LogP contribution in [0, 0.1) is 0 Å². The largest absolute Gasteiger partial charge is 0.464 e. The molecule has 4 nitrogen and oxygen atoms in total. The van der Waals surface area contributed by atoms with E-state index in [1.165, 1.54) is 0 Å². The van der Waals surface area contributed by atoms with Crippen molar-refractivity contribution in [2.45, 2.75) is 25.7 Å². The minimum Gasteiger partial charge on any atom is -0.464 e. The fourth-order valence-corrected chi connectivity index (χ4v) is 0.817. The highest BCUT2D eigenvalue weighted by Gasteiger charge is 1.91. The van der Waals surface area contributed by atoms with Crippen LogP contribution in [0.3, 0.4) is 0 Å². The summed E-state index contributed by atoms with van der Waals surface area (Å²) in [6, 6.07) is 0. The number of carbonyl (C=O) groups is 1. The summed E-state index contributed by atoms with van der Waals surface area (Å²) in [4.78, 5) is 9.95. The standard InChI is InChI=1S/C8H16N2O2/c1-2-3-4-5-6-7-9-10-8(11)12/h2,9-10H,1,3-7H2,(H,11,12). The number of allylic oxidation sites excluding steroid dienone is 1. The summed E-state index contributed by atoms with van der Waals surface area (Å²) < 4.78 is 0. The highest BCUT2D eigenvalue weighted by atomic mass is 16.4. The molecule has 0 aliphatic carbocycles. The maximum absolute atomic E-state index is 9.95. The molecule has 0 aliphatic heterocycles. The molecule has 0 aliphatic rings. The van der Waals surface area contributed by atoms with Gasteiger partial charge in [0.25, 0.3) is 0 Å². The average molecular weight is 172 g/mol. The molecule has 0 saturated carbocycles. The van der Waals surface area contributed by atoms with Crippen molar-refractivity contribution in [1.82, 2.24) is 10.9 Å². The number of unbranched alkanes of at least 4 members (excludes halogenated alkanes) is 3. The summed E-state index contributed by atoms with van der Waals surface area (Å²) in [6.45, 7) is 4.30. The number of hydrogen-bond acceptors (Lipinski definition) is 2. The van der Waals surface area contributed by atoms with Crippen molar-refractivity contribution in [3.8, 4) is 0 Å². The Morgan fingerprint density at radius 2 is 2.17 bits per heavy atom. The molecule has 4 heteroatoms. The van der Waals surface area contributed by atoms with Crippen LogP contribution in [0.4, 0.5) is 4.79 Å². The average Bonchev–Trinajstić information content (AvgIpc) is 2.02. The van der Waals surface area contributed by atoms with E-state index in [2.05, 4.69) is 17.4 Å². The Bertz CT molecular complexity index is 137. The molecule has 1 amide bonds. The second-order valence-corrected chi connectivity index (χ2v) is 2.49. The summed E-state index contributed by atoms with van der Waals surface area (Å²) in [7, 11) is 0. The van der Waals surface area contributed by atoms with E-state index in [0.717, 1.165) is 25.7 Å². The first-order valence-electron chi connectivity index (χ1n) is 4.10. The highest BCUT2D eigenvalue weighted by molar-refractivity contribution is 5.63. The molecule has 0 atom stereocenters. The van der Waals surface area contributed by atoms with Crippen molar-refractivity contribution in [3.05, 3.63) is 12.7 Å². The van der Waals surface area contributed by atoms with Crippen LogP contribution in [0.5, 0.6) is 0 Å². The van der Waals surface area contributed by atoms with E-state index >= 15 is 0 Å². The smallest absolute Gasteiger partial charge is 0.419 e.